The number of hydrogen-bond donors (Lipinski definition) is 1. The summed E-state index contributed by atoms with van der Waals surface area (Å²) in [6.07, 6.45) is 10.5. The van der Waals surface area contributed by atoms with Gasteiger partial charge in [0, 0.05) is 17.8 Å². The van der Waals surface area contributed by atoms with Crippen molar-refractivity contribution >= 4 is 0 Å². The zero-order valence-corrected chi connectivity index (χ0v) is 7.25. The Morgan fingerprint density at radius 2 is 1.64 bits per heavy atom. The van der Waals surface area contributed by atoms with E-state index in [0.717, 1.165) is 12.8 Å². The molecule has 2 heteroatoms. The smallest absolute Gasteiger partial charge is 0.0175 e. The summed E-state index contributed by atoms with van der Waals surface area (Å²) >= 11 is 0. The van der Waals surface area contributed by atoms with Gasteiger partial charge in [-0.15, -0.1) is 0 Å². The van der Waals surface area contributed by atoms with Crippen LogP contribution in [-0.2, 0) is 0 Å². The SMILES string of the molecule is CCC1(CC)C=CN(N)C=C1. The summed E-state index contributed by atoms with van der Waals surface area (Å²) in [5, 5.41) is 1.59. The minimum absolute atomic E-state index is 0.260. The van der Waals surface area contributed by atoms with E-state index in [1.807, 2.05) is 12.4 Å². The van der Waals surface area contributed by atoms with E-state index in [2.05, 4.69) is 26.0 Å². The first-order valence-electron chi connectivity index (χ1n) is 4.14. The second-order valence-electron chi connectivity index (χ2n) is 3.02. The van der Waals surface area contributed by atoms with Crippen LogP contribution >= 0.6 is 0 Å². The Morgan fingerprint density at radius 3 is 2.00 bits per heavy atom. The molecule has 1 rings (SSSR count). The number of allylic oxidation sites excluding steroid dienone is 2. The Balaban J connectivity index is 2.73. The average molecular weight is 152 g/mol. The molecule has 0 amide bonds. The minimum Gasteiger partial charge on any atom is -0.295 e. The van der Waals surface area contributed by atoms with E-state index in [1.54, 1.807) is 5.01 Å². The van der Waals surface area contributed by atoms with E-state index < -0.39 is 0 Å². The molecule has 0 saturated heterocycles. The number of hydrogen-bond acceptors (Lipinski definition) is 2. The van der Waals surface area contributed by atoms with Gasteiger partial charge in [0.25, 0.3) is 0 Å². The van der Waals surface area contributed by atoms with Crippen molar-refractivity contribution in [3.63, 3.8) is 0 Å². The molecule has 0 radical (unpaired) electrons. The van der Waals surface area contributed by atoms with Gasteiger partial charge in [0.1, 0.15) is 0 Å². The van der Waals surface area contributed by atoms with Gasteiger partial charge in [0.05, 0.1) is 0 Å². The molecular formula is C9H16N2. The number of hydrazine groups is 1. The minimum atomic E-state index is 0.260. The number of nitrogens with two attached hydrogens (primary N) is 1. The maximum atomic E-state index is 5.52. The third-order valence-electron chi connectivity index (χ3n) is 2.47. The Bertz CT molecular complexity index is 162. The molecule has 0 aromatic rings. The largest absolute Gasteiger partial charge is 0.295 e. The molecule has 1 aliphatic rings. The van der Waals surface area contributed by atoms with Gasteiger partial charge in [-0.1, -0.05) is 26.0 Å². The summed E-state index contributed by atoms with van der Waals surface area (Å²) < 4.78 is 0. The fourth-order valence-electron chi connectivity index (χ4n) is 1.30. The summed E-state index contributed by atoms with van der Waals surface area (Å²) in [6.45, 7) is 4.40. The summed E-state index contributed by atoms with van der Waals surface area (Å²) in [5.74, 6) is 5.52. The van der Waals surface area contributed by atoms with Crippen molar-refractivity contribution in [1.82, 2.24) is 5.01 Å². The zero-order chi connectivity index (χ0) is 8.32. The lowest BCUT2D eigenvalue weighted by Gasteiger charge is -2.28. The topological polar surface area (TPSA) is 29.3 Å². The molecule has 2 N–H and O–H groups in total. The average Bonchev–Trinajstić information content (AvgIpc) is 2.07. The lowest BCUT2D eigenvalue weighted by atomic mass is 9.81. The van der Waals surface area contributed by atoms with E-state index in [4.69, 9.17) is 5.84 Å². The molecule has 0 unspecified atom stereocenters. The molecule has 1 heterocycles. The fourth-order valence-corrected chi connectivity index (χ4v) is 1.30. The highest BCUT2D eigenvalue weighted by Crippen LogP contribution is 2.31. The van der Waals surface area contributed by atoms with Gasteiger partial charge < -0.3 is 0 Å². The lowest BCUT2D eigenvalue weighted by molar-refractivity contribution is 0.408. The monoisotopic (exact) mass is 152 g/mol. The molecule has 1 aliphatic heterocycles. The molecule has 0 aromatic heterocycles. The molecule has 0 atom stereocenters. The predicted molar refractivity (Wildman–Crippen MR) is 47.3 cm³/mol. The molecular weight excluding hydrogens is 136 g/mol. The fraction of sp³-hybridized carbons (Fsp3) is 0.556. The molecule has 0 aromatic carbocycles. The highest BCUT2D eigenvalue weighted by molar-refractivity contribution is 5.14. The van der Waals surface area contributed by atoms with E-state index in [0.29, 0.717) is 0 Å². The van der Waals surface area contributed by atoms with Gasteiger partial charge in [-0.2, -0.15) is 0 Å². The zero-order valence-electron chi connectivity index (χ0n) is 7.25. The van der Waals surface area contributed by atoms with Crippen LogP contribution in [0.25, 0.3) is 0 Å². The maximum Gasteiger partial charge on any atom is 0.0175 e. The molecule has 62 valence electrons. The normalized spacial score (nSPS) is 20.8. The Morgan fingerprint density at radius 1 is 1.18 bits per heavy atom. The van der Waals surface area contributed by atoms with E-state index in [-0.39, 0.29) is 5.41 Å². The molecule has 11 heavy (non-hydrogen) atoms. The highest BCUT2D eigenvalue weighted by Gasteiger charge is 2.21. The second kappa shape index (κ2) is 3.09. The molecule has 0 spiro atoms. The van der Waals surface area contributed by atoms with Crippen LogP contribution < -0.4 is 5.84 Å². The quantitative estimate of drug-likeness (QED) is 0.613. The van der Waals surface area contributed by atoms with Crippen molar-refractivity contribution in [3.8, 4) is 0 Å². The first kappa shape index (κ1) is 8.34. The number of nitrogens with zero attached hydrogens (tertiary/aromatic N) is 1. The van der Waals surface area contributed by atoms with Gasteiger partial charge in [0.2, 0.25) is 0 Å². The summed E-state index contributed by atoms with van der Waals surface area (Å²) in [7, 11) is 0. The van der Waals surface area contributed by atoms with Crippen LogP contribution in [0.3, 0.4) is 0 Å². The predicted octanol–water partition coefficient (Wildman–Crippen LogP) is 2.01. The lowest BCUT2D eigenvalue weighted by Crippen LogP contribution is -2.25. The first-order valence-corrected chi connectivity index (χ1v) is 4.14. The van der Waals surface area contributed by atoms with Crippen LogP contribution in [0.1, 0.15) is 26.7 Å². The van der Waals surface area contributed by atoms with Crippen molar-refractivity contribution < 1.29 is 0 Å². The highest BCUT2D eigenvalue weighted by atomic mass is 15.4. The summed E-state index contributed by atoms with van der Waals surface area (Å²) in [4.78, 5) is 0. The van der Waals surface area contributed by atoms with Gasteiger partial charge >= 0.3 is 0 Å². The molecule has 0 bridgehead atoms. The van der Waals surface area contributed by atoms with Crippen molar-refractivity contribution in [3.05, 3.63) is 24.6 Å². The van der Waals surface area contributed by atoms with Crippen LogP contribution in [0.4, 0.5) is 0 Å². The van der Waals surface area contributed by atoms with Gasteiger partial charge in [0.15, 0.2) is 0 Å². The molecule has 0 fully saturated rings. The van der Waals surface area contributed by atoms with Crippen LogP contribution in [0.5, 0.6) is 0 Å². The van der Waals surface area contributed by atoms with Crippen LogP contribution in [0.2, 0.25) is 0 Å². The van der Waals surface area contributed by atoms with Gasteiger partial charge in [-0.25, -0.2) is 5.84 Å². The molecule has 0 aliphatic carbocycles. The summed E-state index contributed by atoms with van der Waals surface area (Å²) in [6, 6.07) is 0. The van der Waals surface area contributed by atoms with E-state index in [9.17, 15) is 0 Å². The third-order valence-corrected chi connectivity index (χ3v) is 2.47. The van der Waals surface area contributed by atoms with E-state index in [1.165, 1.54) is 0 Å². The summed E-state index contributed by atoms with van der Waals surface area (Å²) in [5.41, 5.74) is 0.260. The maximum absolute atomic E-state index is 5.52. The van der Waals surface area contributed by atoms with Gasteiger partial charge in [-0.05, 0) is 12.8 Å². The Kier molecular flexibility index (Phi) is 2.35. The van der Waals surface area contributed by atoms with Crippen molar-refractivity contribution in [2.45, 2.75) is 26.7 Å². The number of rotatable bonds is 2. The van der Waals surface area contributed by atoms with Crippen molar-refractivity contribution in [2.75, 3.05) is 0 Å². The van der Waals surface area contributed by atoms with Crippen LogP contribution in [-0.4, -0.2) is 5.01 Å². The van der Waals surface area contributed by atoms with Crippen LogP contribution in [0.15, 0.2) is 24.6 Å². The standard InChI is InChI=1S/C9H16N2/c1-3-9(4-2)5-7-11(10)8-6-9/h5-8H,3-4,10H2,1-2H3. The third kappa shape index (κ3) is 1.63. The first-order chi connectivity index (χ1) is 5.22. The molecule has 2 nitrogen and oxygen atoms in total. The van der Waals surface area contributed by atoms with Crippen molar-refractivity contribution in [1.29, 1.82) is 0 Å². The Labute approximate surface area is 68.3 Å². The van der Waals surface area contributed by atoms with Crippen molar-refractivity contribution in [2.24, 2.45) is 11.3 Å². The van der Waals surface area contributed by atoms with Gasteiger partial charge in [-0.3, -0.25) is 5.01 Å². The Hall–Kier alpha value is -0.760. The van der Waals surface area contributed by atoms with E-state index >= 15 is 0 Å². The second-order valence-corrected chi connectivity index (χ2v) is 3.02. The molecule has 0 saturated carbocycles. The van der Waals surface area contributed by atoms with Crippen LogP contribution in [0, 0.1) is 5.41 Å².